The Morgan fingerprint density at radius 3 is 2.76 bits per heavy atom. The molecule has 2 bridgehead atoms. The van der Waals surface area contributed by atoms with Gasteiger partial charge in [0.05, 0.1) is 18.7 Å². The molecule has 98 valence electrons. The molecule has 17 heavy (non-hydrogen) atoms. The summed E-state index contributed by atoms with van der Waals surface area (Å²) in [7, 11) is 1.66. The molecule has 1 aliphatic heterocycles. The number of ether oxygens (including phenoxy) is 1. The highest BCUT2D eigenvalue weighted by Crippen LogP contribution is 2.36. The molecule has 1 saturated carbocycles. The topological polar surface area (TPSA) is 41.6 Å². The number of piperidine rings is 1. The summed E-state index contributed by atoms with van der Waals surface area (Å²) < 4.78 is 5.10. The van der Waals surface area contributed by atoms with E-state index >= 15 is 0 Å². The standard InChI is InChI=1S/C13H24N2O2/c1-13(2,9-17-3)14-12(16)8-15-7-10-4-5-11(15)6-10/h10-11H,4-9H2,1-3H3,(H,14,16)/t10-,11+/m1/s1. The van der Waals surface area contributed by atoms with Crippen molar-refractivity contribution < 1.29 is 9.53 Å². The maximum atomic E-state index is 12.0. The Bertz CT molecular complexity index is 291. The molecule has 0 aromatic rings. The zero-order chi connectivity index (χ0) is 12.5. The number of methoxy groups -OCH3 is 1. The van der Waals surface area contributed by atoms with Gasteiger partial charge in [-0.05, 0) is 39.0 Å². The molecule has 2 fully saturated rings. The first kappa shape index (κ1) is 12.8. The minimum Gasteiger partial charge on any atom is -0.382 e. The van der Waals surface area contributed by atoms with Gasteiger partial charge in [0.2, 0.25) is 5.91 Å². The van der Waals surface area contributed by atoms with Crippen LogP contribution in [0.3, 0.4) is 0 Å². The molecule has 2 rings (SSSR count). The van der Waals surface area contributed by atoms with E-state index in [-0.39, 0.29) is 11.4 Å². The second-order valence-electron chi connectivity index (χ2n) is 6.13. The molecule has 1 N–H and O–H groups in total. The summed E-state index contributed by atoms with van der Waals surface area (Å²) in [5.41, 5.74) is -0.273. The van der Waals surface area contributed by atoms with E-state index in [4.69, 9.17) is 4.74 Å². The van der Waals surface area contributed by atoms with Crippen molar-refractivity contribution in [2.24, 2.45) is 5.92 Å². The van der Waals surface area contributed by atoms with Crippen molar-refractivity contribution in [1.29, 1.82) is 0 Å². The van der Waals surface area contributed by atoms with E-state index in [1.165, 1.54) is 19.3 Å². The number of carbonyl (C=O) groups is 1. The number of hydrogen-bond acceptors (Lipinski definition) is 3. The van der Waals surface area contributed by atoms with Crippen LogP contribution in [-0.2, 0) is 9.53 Å². The Morgan fingerprint density at radius 1 is 1.47 bits per heavy atom. The van der Waals surface area contributed by atoms with Crippen LogP contribution in [0.2, 0.25) is 0 Å². The minimum absolute atomic E-state index is 0.125. The van der Waals surface area contributed by atoms with Gasteiger partial charge in [-0.2, -0.15) is 0 Å². The Hall–Kier alpha value is -0.610. The molecule has 1 heterocycles. The van der Waals surface area contributed by atoms with E-state index in [2.05, 4.69) is 10.2 Å². The summed E-state index contributed by atoms with van der Waals surface area (Å²) in [5.74, 6) is 0.972. The van der Waals surface area contributed by atoms with Gasteiger partial charge in [-0.3, -0.25) is 9.69 Å². The molecule has 0 aromatic carbocycles. The molecule has 0 spiro atoms. The van der Waals surface area contributed by atoms with Crippen molar-refractivity contribution in [3.63, 3.8) is 0 Å². The molecular formula is C13H24N2O2. The third kappa shape index (κ3) is 3.19. The van der Waals surface area contributed by atoms with Gasteiger partial charge >= 0.3 is 0 Å². The first-order valence-corrected chi connectivity index (χ1v) is 6.54. The van der Waals surface area contributed by atoms with E-state index in [0.29, 0.717) is 19.2 Å². The van der Waals surface area contributed by atoms with Crippen LogP contribution in [0.4, 0.5) is 0 Å². The summed E-state index contributed by atoms with van der Waals surface area (Å²) in [5, 5.41) is 3.04. The highest BCUT2D eigenvalue weighted by Gasteiger charge is 2.38. The quantitative estimate of drug-likeness (QED) is 0.780. The Morgan fingerprint density at radius 2 is 2.24 bits per heavy atom. The molecule has 1 saturated heterocycles. The number of likely N-dealkylation sites (tertiary alicyclic amines) is 1. The van der Waals surface area contributed by atoms with Crippen LogP contribution in [0.1, 0.15) is 33.1 Å². The molecule has 2 aliphatic rings. The van der Waals surface area contributed by atoms with Crippen molar-refractivity contribution in [2.75, 3.05) is 26.8 Å². The van der Waals surface area contributed by atoms with Crippen molar-refractivity contribution in [3.05, 3.63) is 0 Å². The van der Waals surface area contributed by atoms with Gasteiger partial charge in [-0.1, -0.05) is 0 Å². The summed E-state index contributed by atoms with van der Waals surface area (Å²) in [6.45, 7) is 6.19. The van der Waals surface area contributed by atoms with Gasteiger partial charge < -0.3 is 10.1 Å². The minimum atomic E-state index is -0.273. The van der Waals surface area contributed by atoms with Crippen LogP contribution in [0.25, 0.3) is 0 Å². The molecule has 0 unspecified atom stereocenters. The monoisotopic (exact) mass is 240 g/mol. The lowest BCUT2D eigenvalue weighted by atomic mass is 10.1. The number of rotatable bonds is 5. The van der Waals surface area contributed by atoms with Crippen molar-refractivity contribution in [3.8, 4) is 0 Å². The predicted octanol–water partition coefficient (Wildman–Crippen LogP) is 1.01. The second-order valence-corrected chi connectivity index (χ2v) is 6.13. The molecule has 1 aliphatic carbocycles. The number of fused-ring (bicyclic) bond motifs is 2. The highest BCUT2D eigenvalue weighted by atomic mass is 16.5. The fraction of sp³-hybridized carbons (Fsp3) is 0.923. The van der Waals surface area contributed by atoms with E-state index in [1.807, 2.05) is 13.8 Å². The molecule has 0 aromatic heterocycles. The zero-order valence-corrected chi connectivity index (χ0v) is 11.2. The predicted molar refractivity (Wildman–Crippen MR) is 66.8 cm³/mol. The maximum absolute atomic E-state index is 12.0. The van der Waals surface area contributed by atoms with Crippen molar-refractivity contribution >= 4 is 5.91 Å². The summed E-state index contributed by atoms with van der Waals surface area (Å²) in [6.07, 6.45) is 3.94. The number of nitrogens with one attached hydrogen (secondary N) is 1. The summed E-state index contributed by atoms with van der Waals surface area (Å²) in [4.78, 5) is 14.3. The molecule has 1 amide bonds. The normalized spacial score (nSPS) is 28.6. The van der Waals surface area contributed by atoms with Crippen LogP contribution in [0.15, 0.2) is 0 Å². The first-order valence-electron chi connectivity index (χ1n) is 6.54. The maximum Gasteiger partial charge on any atom is 0.234 e. The van der Waals surface area contributed by atoms with E-state index in [1.54, 1.807) is 7.11 Å². The Labute approximate surface area is 104 Å². The number of carbonyl (C=O) groups excluding carboxylic acids is 1. The molecule has 0 radical (unpaired) electrons. The fourth-order valence-corrected chi connectivity index (χ4v) is 3.22. The molecule has 4 nitrogen and oxygen atoms in total. The average Bonchev–Trinajstić information content (AvgIpc) is 2.77. The van der Waals surface area contributed by atoms with E-state index in [9.17, 15) is 4.79 Å². The van der Waals surface area contributed by atoms with E-state index in [0.717, 1.165) is 12.5 Å². The second kappa shape index (κ2) is 4.94. The average molecular weight is 240 g/mol. The van der Waals surface area contributed by atoms with Gasteiger partial charge in [-0.15, -0.1) is 0 Å². The highest BCUT2D eigenvalue weighted by molar-refractivity contribution is 5.78. The van der Waals surface area contributed by atoms with Crippen LogP contribution in [-0.4, -0.2) is 49.2 Å². The summed E-state index contributed by atoms with van der Waals surface area (Å²) >= 11 is 0. The molecular weight excluding hydrogens is 216 g/mol. The van der Waals surface area contributed by atoms with Gasteiger partial charge in [-0.25, -0.2) is 0 Å². The van der Waals surface area contributed by atoms with Crippen LogP contribution >= 0.6 is 0 Å². The lowest BCUT2D eigenvalue weighted by Crippen LogP contribution is -2.51. The fourth-order valence-electron chi connectivity index (χ4n) is 3.22. The Kier molecular flexibility index (Phi) is 3.73. The zero-order valence-electron chi connectivity index (χ0n) is 11.2. The molecule has 2 atom stereocenters. The number of amides is 1. The summed E-state index contributed by atoms with van der Waals surface area (Å²) in [6, 6.07) is 0.663. The number of hydrogen-bond donors (Lipinski definition) is 1. The van der Waals surface area contributed by atoms with Gasteiger partial charge in [0.1, 0.15) is 0 Å². The Balaban J connectivity index is 1.78. The van der Waals surface area contributed by atoms with Gasteiger partial charge in [0.15, 0.2) is 0 Å². The van der Waals surface area contributed by atoms with Crippen molar-refractivity contribution in [2.45, 2.75) is 44.7 Å². The first-order chi connectivity index (χ1) is 8.00. The number of nitrogens with zero attached hydrogens (tertiary/aromatic N) is 1. The van der Waals surface area contributed by atoms with E-state index < -0.39 is 0 Å². The van der Waals surface area contributed by atoms with Crippen LogP contribution in [0.5, 0.6) is 0 Å². The SMILES string of the molecule is COCC(C)(C)NC(=O)CN1C[C@@H]2CC[C@H]1C2. The third-order valence-corrected chi connectivity index (χ3v) is 3.85. The van der Waals surface area contributed by atoms with Gasteiger partial charge in [0, 0.05) is 19.7 Å². The van der Waals surface area contributed by atoms with Crippen LogP contribution in [0, 0.1) is 5.92 Å². The smallest absolute Gasteiger partial charge is 0.234 e. The largest absolute Gasteiger partial charge is 0.382 e. The molecule has 4 heteroatoms. The van der Waals surface area contributed by atoms with Crippen molar-refractivity contribution in [1.82, 2.24) is 10.2 Å². The third-order valence-electron chi connectivity index (χ3n) is 3.85. The lowest BCUT2D eigenvalue weighted by molar-refractivity contribution is -0.124. The lowest BCUT2D eigenvalue weighted by Gasteiger charge is -2.29. The van der Waals surface area contributed by atoms with Gasteiger partial charge in [0.25, 0.3) is 0 Å². The van der Waals surface area contributed by atoms with Crippen LogP contribution < -0.4 is 5.32 Å².